The number of hydrogen-bond donors (Lipinski definition) is 2. The molecule has 1 atom stereocenters. The molecule has 0 saturated carbocycles. The molecule has 2 aliphatic rings. The van der Waals surface area contributed by atoms with Crippen LogP contribution >= 0.6 is 0 Å². The number of ether oxygens (including phenoxy) is 1. The molecule has 2 heterocycles. The van der Waals surface area contributed by atoms with E-state index in [1.165, 1.54) is 0 Å². The molecule has 0 radical (unpaired) electrons. The molecule has 146 valence electrons. The van der Waals surface area contributed by atoms with Crippen LogP contribution in [0.2, 0.25) is 0 Å². The van der Waals surface area contributed by atoms with Crippen LogP contribution in [0.1, 0.15) is 46.3 Å². The van der Waals surface area contributed by atoms with Crippen LogP contribution in [-0.4, -0.2) is 34.4 Å². The summed E-state index contributed by atoms with van der Waals surface area (Å²) >= 11 is 0. The van der Waals surface area contributed by atoms with E-state index in [0.29, 0.717) is 37.4 Å². The summed E-state index contributed by atoms with van der Waals surface area (Å²) in [5.74, 6) is 0.489. The second-order valence-electron chi connectivity index (χ2n) is 7.28. The van der Waals surface area contributed by atoms with Gasteiger partial charge in [-0.1, -0.05) is 30.3 Å². The van der Waals surface area contributed by atoms with Crippen LogP contribution in [0.25, 0.3) is 0 Å². The summed E-state index contributed by atoms with van der Waals surface area (Å²) in [5, 5.41) is 12.2. The van der Waals surface area contributed by atoms with Crippen LogP contribution in [-0.2, 0) is 24.6 Å². The first-order chi connectivity index (χ1) is 13.7. The Balaban J connectivity index is 1.53. The SMILES string of the molecule is O=C1NCCCCC1N1Cc2c(OCc3cccc(CO)c3)cccc2C1=O. The number of fused-ring (bicyclic) bond motifs is 1. The van der Waals surface area contributed by atoms with Crippen molar-refractivity contribution in [1.82, 2.24) is 10.2 Å². The summed E-state index contributed by atoms with van der Waals surface area (Å²) in [4.78, 5) is 27.0. The average Bonchev–Trinajstić information content (AvgIpc) is 2.91. The molecule has 1 unspecified atom stereocenters. The summed E-state index contributed by atoms with van der Waals surface area (Å²) in [5.41, 5.74) is 3.23. The minimum absolute atomic E-state index is 0.0124. The maximum atomic E-state index is 12.9. The first-order valence-electron chi connectivity index (χ1n) is 9.69. The fourth-order valence-corrected chi connectivity index (χ4v) is 3.91. The number of aliphatic hydroxyl groups excluding tert-OH is 1. The fraction of sp³-hybridized carbons (Fsp3) is 0.364. The van der Waals surface area contributed by atoms with Crippen LogP contribution in [0.15, 0.2) is 42.5 Å². The lowest BCUT2D eigenvalue weighted by molar-refractivity contribution is -0.125. The van der Waals surface area contributed by atoms with Crippen molar-refractivity contribution in [3.63, 3.8) is 0 Å². The summed E-state index contributed by atoms with van der Waals surface area (Å²) in [7, 11) is 0. The Morgan fingerprint density at radius 3 is 2.79 bits per heavy atom. The molecule has 2 aromatic rings. The number of nitrogens with zero attached hydrogens (tertiary/aromatic N) is 1. The Hall–Kier alpha value is -2.86. The highest BCUT2D eigenvalue weighted by molar-refractivity contribution is 6.01. The lowest BCUT2D eigenvalue weighted by Crippen LogP contribution is -2.45. The van der Waals surface area contributed by atoms with E-state index in [4.69, 9.17) is 4.74 Å². The fourth-order valence-electron chi connectivity index (χ4n) is 3.91. The minimum Gasteiger partial charge on any atom is -0.489 e. The second-order valence-corrected chi connectivity index (χ2v) is 7.28. The molecular formula is C22H24N2O4. The smallest absolute Gasteiger partial charge is 0.255 e. The highest BCUT2D eigenvalue weighted by atomic mass is 16.5. The quantitative estimate of drug-likeness (QED) is 0.835. The largest absolute Gasteiger partial charge is 0.489 e. The van der Waals surface area contributed by atoms with Gasteiger partial charge in [0, 0.05) is 17.7 Å². The molecular weight excluding hydrogens is 356 g/mol. The third-order valence-corrected chi connectivity index (χ3v) is 5.40. The minimum atomic E-state index is -0.420. The summed E-state index contributed by atoms with van der Waals surface area (Å²) in [6, 6.07) is 12.6. The number of benzene rings is 2. The number of nitrogens with one attached hydrogen (secondary N) is 1. The summed E-state index contributed by atoms with van der Waals surface area (Å²) in [6.07, 6.45) is 2.56. The lowest BCUT2D eigenvalue weighted by atomic mass is 10.1. The predicted molar refractivity (Wildman–Crippen MR) is 104 cm³/mol. The van der Waals surface area contributed by atoms with Crippen LogP contribution in [0, 0.1) is 0 Å². The maximum Gasteiger partial charge on any atom is 0.255 e. The maximum absolute atomic E-state index is 12.9. The predicted octanol–water partition coefficient (Wildman–Crippen LogP) is 2.38. The van der Waals surface area contributed by atoms with Gasteiger partial charge in [0.2, 0.25) is 5.91 Å². The number of carbonyl (C=O) groups is 2. The topological polar surface area (TPSA) is 78.9 Å². The van der Waals surface area contributed by atoms with Gasteiger partial charge in [-0.2, -0.15) is 0 Å². The van der Waals surface area contributed by atoms with Crippen LogP contribution in [0.4, 0.5) is 0 Å². The van der Waals surface area contributed by atoms with Gasteiger partial charge in [0.05, 0.1) is 13.2 Å². The van der Waals surface area contributed by atoms with Crippen molar-refractivity contribution < 1.29 is 19.4 Å². The first-order valence-corrected chi connectivity index (χ1v) is 9.69. The third-order valence-electron chi connectivity index (χ3n) is 5.40. The van der Waals surface area contributed by atoms with Gasteiger partial charge in [0.1, 0.15) is 18.4 Å². The van der Waals surface area contributed by atoms with Crippen molar-refractivity contribution in [3.8, 4) is 5.75 Å². The molecule has 6 nitrogen and oxygen atoms in total. The second kappa shape index (κ2) is 8.02. The highest BCUT2D eigenvalue weighted by Gasteiger charge is 2.38. The number of hydrogen-bond acceptors (Lipinski definition) is 4. The molecule has 4 rings (SSSR count). The number of carbonyl (C=O) groups excluding carboxylic acids is 2. The van der Waals surface area contributed by atoms with Crippen molar-refractivity contribution in [2.75, 3.05) is 6.54 Å². The van der Waals surface area contributed by atoms with Gasteiger partial charge in [-0.25, -0.2) is 0 Å². The zero-order valence-corrected chi connectivity index (χ0v) is 15.7. The zero-order chi connectivity index (χ0) is 19.5. The standard InChI is InChI=1S/C22H24N2O4/c25-13-15-5-3-6-16(11-15)14-28-20-9-4-7-17-18(20)12-24(22(17)27)19-8-1-2-10-23-21(19)26/h3-7,9,11,19,25H,1-2,8,10,12-14H2,(H,23,26). The van der Waals surface area contributed by atoms with E-state index in [1.807, 2.05) is 36.4 Å². The Bertz CT molecular complexity index is 896. The molecule has 6 heteroatoms. The third kappa shape index (κ3) is 3.60. The number of aliphatic hydroxyl groups is 1. The summed E-state index contributed by atoms with van der Waals surface area (Å²) < 4.78 is 6.01. The molecule has 2 aromatic carbocycles. The Kier molecular flexibility index (Phi) is 5.30. The molecule has 28 heavy (non-hydrogen) atoms. The van der Waals surface area contributed by atoms with Crippen LogP contribution in [0.5, 0.6) is 5.75 Å². The van der Waals surface area contributed by atoms with Crippen molar-refractivity contribution in [1.29, 1.82) is 0 Å². The Morgan fingerprint density at radius 2 is 1.93 bits per heavy atom. The zero-order valence-electron chi connectivity index (χ0n) is 15.7. The van der Waals surface area contributed by atoms with Gasteiger partial charge in [0.25, 0.3) is 5.91 Å². The van der Waals surface area contributed by atoms with E-state index in [0.717, 1.165) is 29.5 Å². The van der Waals surface area contributed by atoms with Gasteiger partial charge in [0.15, 0.2) is 0 Å². The number of rotatable bonds is 5. The summed E-state index contributed by atoms with van der Waals surface area (Å²) in [6.45, 7) is 1.40. The van der Waals surface area contributed by atoms with Crippen molar-refractivity contribution in [3.05, 3.63) is 64.7 Å². The van der Waals surface area contributed by atoms with E-state index in [9.17, 15) is 14.7 Å². The van der Waals surface area contributed by atoms with Gasteiger partial charge >= 0.3 is 0 Å². The van der Waals surface area contributed by atoms with Gasteiger partial charge in [-0.3, -0.25) is 9.59 Å². The lowest BCUT2D eigenvalue weighted by Gasteiger charge is -2.25. The van der Waals surface area contributed by atoms with Gasteiger partial charge < -0.3 is 20.1 Å². The molecule has 1 fully saturated rings. The molecule has 0 aliphatic carbocycles. The van der Waals surface area contributed by atoms with Crippen molar-refractivity contribution in [2.45, 2.75) is 45.1 Å². The van der Waals surface area contributed by atoms with E-state index >= 15 is 0 Å². The van der Waals surface area contributed by atoms with E-state index < -0.39 is 6.04 Å². The molecule has 2 N–H and O–H groups in total. The molecule has 1 saturated heterocycles. The molecule has 0 spiro atoms. The normalized spacial score (nSPS) is 19.2. The monoisotopic (exact) mass is 380 g/mol. The Morgan fingerprint density at radius 1 is 1.11 bits per heavy atom. The molecule has 0 aromatic heterocycles. The van der Waals surface area contributed by atoms with Crippen LogP contribution in [0.3, 0.4) is 0 Å². The van der Waals surface area contributed by atoms with E-state index in [1.54, 1.807) is 11.0 Å². The van der Waals surface area contributed by atoms with E-state index in [-0.39, 0.29) is 18.4 Å². The number of amides is 2. The molecule has 0 bridgehead atoms. The average molecular weight is 380 g/mol. The Labute approximate surface area is 164 Å². The highest BCUT2D eigenvalue weighted by Crippen LogP contribution is 2.33. The molecule has 2 aliphatic heterocycles. The van der Waals surface area contributed by atoms with E-state index in [2.05, 4.69) is 5.32 Å². The van der Waals surface area contributed by atoms with Crippen molar-refractivity contribution in [2.24, 2.45) is 0 Å². The van der Waals surface area contributed by atoms with Gasteiger partial charge in [-0.05, 0) is 42.5 Å². The van der Waals surface area contributed by atoms with Gasteiger partial charge in [-0.15, -0.1) is 0 Å². The first kappa shape index (κ1) is 18.5. The van der Waals surface area contributed by atoms with Crippen molar-refractivity contribution >= 4 is 11.8 Å². The molecule has 2 amide bonds. The van der Waals surface area contributed by atoms with Crippen LogP contribution < -0.4 is 10.1 Å².